The van der Waals surface area contributed by atoms with E-state index in [4.69, 9.17) is 41.3 Å². The maximum atomic E-state index is 13.8. The van der Waals surface area contributed by atoms with Gasteiger partial charge in [-0.25, -0.2) is 0 Å². The third-order valence-corrected chi connectivity index (χ3v) is 10.8. The number of hydrogen-bond donors (Lipinski definition) is 2. The van der Waals surface area contributed by atoms with Crippen LogP contribution in [0.25, 0.3) is 0 Å². The van der Waals surface area contributed by atoms with E-state index >= 15 is 0 Å². The Morgan fingerprint density at radius 1 is 0.550 bits per heavy atom. The highest BCUT2D eigenvalue weighted by Gasteiger charge is 2.38. The Labute approximate surface area is 246 Å². The van der Waals surface area contributed by atoms with E-state index in [0.717, 1.165) is 0 Å². The highest BCUT2D eigenvalue weighted by Crippen LogP contribution is 2.62. The standard InChI is InChI=1S/C28H36Cl2N2O6P2/c1-5-35-39(33,36-6-2)27(21-9-13-23(29)14-10-21)31-25-17-19-26(20-18-25)32-28(22-11-15-24(30)16-12-22)40(34,37-7-3)38-8-4/h9-20,27-28,31-32H,5-8H2,1-4H3. The highest BCUT2D eigenvalue weighted by atomic mass is 35.5. The van der Waals surface area contributed by atoms with Crippen LogP contribution in [0.15, 0.2) is 72.8 Å². The van der Waals surface area contributed by atoms with Crippen molar-refractivity contribution < 1.29 is 27.2 Å². The van der Waals surface area contributed by atoms with Crippen LogP contribution in [-0.2, 0) is 27.2 Å². The topological polar surface area (TPSA) is 95.1 Å². The van der Waals surface area contributed by atoms with Crippen molar-refractivity contribution in [3.63, 3.8) is 0 Å². The Hall–Kier alpha value is -1.86. The summed E-state index contributed by atoms with van der Waals surface area (Å²) in [5.41, 5.74) is 2.75. The summed E-state index contributed by atoms with van der Waals surface area (Å²) in [6, 6.07) is 21.3. The number of hydrogen-bond acceptors (Lipinski definition) is 8. The molecule has 0 aliphatic heterocycles. The summed E-state index contributed by atoms with van der Waals surface area (Å²) in [7, 11) is -7.20. The Kier molecular flexibility index (Phi) is 12.6. The summed E-state index contributed by atoms with van der Waals surface area (Å²) in [5, 5.41) is 7.75. The first-order chi connectivity index (χ1) is 19.2. The normalized spacial score (nSPS) is 13.6. The molecular formula is C28H36Cl2N2O6P2. The lowest BCUT2D eigenvalue weighted by molar-refractivity contribution is 0.213. The van der Waals surface area contributed by atoms with Crippen molar-refractivity contribution in [1.29, 1.82) is 0 Å². The summed E-state index contributed by atoms with van der Waals surface area (Å²) in [5.74, 6) is -1.55. The number of halogens is 2. The smallest absolute Gasteiger partial charge is 0.357 e. The lowest BCUT2D eigenvalue weighted by Gasteiger charge is -2.29. The van der Waals surface area contributed by atoms with Crippen LogP contribution in [0.2, 0.25) is 10.0 Å². The minimum Gasteiger partial charge on any atom is -0.368 e. The van der Waals surface area contributed by atoms with Gasteiger partial charge in [0.2, 0.25) is 0 Å². The van der Waals surface area contributed by atoms with Gasteiger partial charge in [0.05, 0.1) is 26.4 Å². The molecule has 218 valence electrons. The molecule has 0 radical (unpaired) electrons. The van der Waals surface area contributed by atoms with Crippen LogP contribution in [0.3, 0.4) is 0 Å². The quantitative estimate of drug-likeness (QED) is 0.151. The highest BCUT2D eigenvalue weighted by molar-refractivity contribution is 7.54. The Morgan fingerprint density at radius 2 is 0.825 bits per heavy atom. The van der Waals surface area contributed by atoms with E-state index in [2.05, 4.69) is 10.6 Å². The molecule has 0 aromatic heterocycles. The molecule has 0 aliphatic carbocycles. The molecule has 0 amide bonds. The monoisotopic (exact) mass is 628 g/mol. The SMILES string of the molecule is CCOP(=O)(OCC)C(Nc1ccc(NC(c2ccc(Cl)cc2)P(=O)(OCC)OCC)cc1)c1ccc(Cl)cc1. The lowest BCUT2D eigenvalue weighted by Crippen LogP contribution is -2.16. The number of benzene rings is 3. The molecule has 2 N–H and O–H groups in total. The fraction of sp³-hybridized carbons (Fsp3) is 0.357. The first kappa shape index (κ1) is 32.7. The van der Waals surface area contributed by atoms with Gasteiger partial charge >= 0.3 is 15.2 Å². The van der Waals surface area contributed by atoms with Crippen molar-refractivity contribution >= 4 is 49.8 Å². The number of nitrogens with one attached hydrogen (secondary N) is 2. The van der Waals surface area contributed by atoms with Crippen molar-refractivity contribution in [3.05, 3.63) is 94.0 Å². The van der Waals surface area contributed by atoms with Crippen LogP contribution < -0.4 is 10.6 Å². The van der Waals surface area contributed by atoms with Gasteiger partial charge in [0.25, 0.3) is 0 Å². The van der Waals surface area contributed by atoms with Crippen LogP contribution in [0.5, 0.6) is 0 Å². The van der Waals surface area contributed by atoms with Gasteiger partial charge in [0.15, 0.2) is 11.6 Å². The van der Waals surface area contributed by atoms with Gasteiger partial charge in [-0.1, -0.05) is 47.5 Å². The summed E-state index contributed by atoms with van der Waals surface area (Å²) in [6.45, 7) is 7.96. The molecule has 12 heteroatoms. The first-order valence-electron chi connectivity index (χ1n) is 13.1. The van der Waals surface area contributed by atoms with Gasteiger partial charge in [-0.15, -0.1) is 0 Å². The average molecular weight is 629 g/mol. The molecule has 0 bridgehead atoms. The molecule has 8 nitrogen and oxygen atoms in total. The van der Waals surface area contributed by atoms with E-state index in [1.54, 1.807) is 76.2 Å². The maximum absolute atomic E-state index is 13.8. The van der Waals surface area contributed by atoms with Crippen molar-refractivity contribution in [2.45, 2.75) is 39.3 Å². The predicted molar refractivity (Wildman–Crippen MR) is 164 cm³/mol. The van der Waals surface area contributed by atoms with E-state index in [-0.39, 0.29) is 26.4 Å². The van der Waals surface area contributed by atoms with Crippen LogP contribution in [0, 0.1) is 0 Å². The summed E-state index contributed by atoms with van der Waals surface area (Å²) in [6.07, 6.45) is 0. The van der Waals surface area contributed by atoms with E-state index in [1.165, 1.54) is 0 Å². The van der Waals surface area contributed by atoms with Gasteiger partial charge in [0, 0.05) is 21.4 Å². The molecule has 0 saturated heterocycles. The average Bonchev–Trinajstić information content (AvgIpc) is 2.93. The van der Waals surface area contributed by atoms with Crippen LogP contribution >= 0.6 is 38.4 Å². The van der Waals surface area contributed by atoms with Gasteiger partial charge < -0.3 is 28.7 Å². The van der Waals surface area contributed by atoms with E-state index in [9.17, 15) is 9.13 Å². The zero-order chi connectivity index (χ0) is 29.2. The van der Waals surface area contributed by atoms with Crippen molar-refractivity contribution in [3.8, 4) is 0 Å². The fourth-order valence-electron chi connectivity index (χ4n) is 4.05. The molecule has 2 atom stereocenters. The Bertz CT molecular complexity index is 1170. The molecule has 3 aromatic carbocycles. The molecular weight excluding hydrogens is 593 g/mol. The minimum atomic E-state index is -3.60. The zero-order valence-electron chi connectivity index (χ0n) is 23.0. The van der Waals surface area contributed by atoms with Crippen LogP contribution in [0.4, 0.5) is 11.4 Å². The molecule has 2 unspecified atom stereocenters. The van der Waals surface area contributed by atoms with E-state index < -0.39 is 26.8 Å². The number of rotatable bonds is 16. The lowest BCUT2D eigenvalue weighted by atomic mass is 10.2. The third kappa shape index (κ3) is 8.58. The van der Waals surface area contributed by atoms with Crippen molar-refractivity contribution in [1.82, 2.24) is 0 Å². The van der Waals surface area contributed by atoms with E-state index in [0.29, 0.717) is 32.5 Å². The molecule has 3 aromatic rings. The van der Waals surface area contributed by atoms with Crippen LogP contribution in [-0.4, -0.2) is 26.4 Å². The molecule has 0 fully saturated rings. The summed E-state index contributed by atoms with van der Waals surface area (Å²) >= 11 is 12.2. The predicted octanol–water partition coefficient (Wildman–Crippen LogP) is 9.75. The van der Waals surface area contributed by atoms with E-state index in [1.807, 2.05) is 24.3 Å². The third-order valence-electron chi connectivity index (χ3n) is 5.73. The van der Waals surface area contributed by atoms with Gasteiger partial charge in [-0.05, 0) is 87.4 Å². The second-order valence-electron chi connectivity index (χ2n) is 8.52. The van der Waals surface area contributed by atoms with Crippen molar-refractivity contribution in [2.24, 2.45) is 0 Å². The second kappa shape index (κ2) is 15.4. The van der Waals surface area contributed by atoms with Crippen molar-refractivity contribution in [2.75, 3.05) is 37.1 Å². The van der Waals surface area contributed by atoms with Gasteiger partial charge in [-0.2, -0.15) is 0 Å². The first-order valence-corrected chi connectivity index (χ1v) is 17.1. The molecule has 0 heterocycles. The van der Waals surface area contributed by atoms with Gasteiger partial charge in [-0.3, -0.25) is 9.13 Å². The maximum Gasteiger partial charge on any atom is 0.357 e. The fourth-order valence-corrected chi connectivity index (χ4v) is 8.18. The molecule has 40 heavy (non-hydrogen) atoms. The number of anilines is 2. The Balaban J connectivity index is 1.92. The largest absolute Gasteiger partial charge is 0.368 e. The molecule has 0 spiro atoms. The summed E-state index contributed by atoms with van der Waals surface area (Å²) in [4.78, 5) is 0. The van der Waals surface area contributed by atoms with Gasteiger partial charge in [0.1, 0.15) is 0 Å². The molecule has 0 aliphatic rings. The molecule has 3 rings (SSSR count). The Morgan fingerprint density at radius 3 is 1.07 bits per heavy atom. The molecule has 0 saturated carbocycles. The van der Waals surface area contributed by atoms with Crippen LogP contribution in [0.1, 0.15) is 50.4 Å². The second-order valence-corrected chi connectivity index (χ2v) is 13.6. The minimum absolute atomic E-state index is 0.220. The zero-order valence-corrected chi connectivity index (χ0v) is 26.3. The summed E-state index contributed by atoms with van der Waals surface area (Å²) < 4.78 is 50.3.